The van der Waals surface area contributed by atoms with Crippen LogP contribution in [-0.2, 0) is 19.5 Å². The Labute approximate surface area is 178 Å². The number of rotatable bonds is 7. The Hall–Kier alpha value is -0.360. The smallest absolute Gasteiger partial charge is 0.129 e. The van der Waals surface area contributed by atoms with E-state index in [1.165, 1.54) is 0 Å². The molecule has 0 saturated carbocycles. The first kappa shape index (κ1) is 19.4. The van der Waals surface area contributed by atoms with Gasteiger partial charge in [-0.1, -0.05) is 5.21 Å². The molecule has 3 aromatic rings. The van der Waals surface area contributed by atoms with Gasteiger partial charge in [-0.3, -0.25) is 4.68 Å². The average molecular weight is 601 g/mol. The molecule has 2 heterocycles. The van der Waals surface area contributed by atoms with Crippen LogP contribution in [0, 0.1) is 0 Å². The number of unbranched alkanes of at least 4 members (excludes halogenated alkanes) is 1. The van der Waals surface area contributed by atoms with Crippen molar-refractivity contribution in [3.05, 3.63) is 29.8 Å². The van der Waals surface area contributed by atoms with Crippen molar-refractivity contribution in [2.75, 3.05) is 6.54 Å². The van der Waals surface area contributed by atoms with Gasteiger partial charge in [-0.2, -0.15) is 15.0 Å². The fourth-order valence-corrected chi connectivity index (χ4v) is 4.57. The normalized spacial score (nSPS) is 11.6. The van der Waals surface area contributed by atoms with Crippen LogP contribution >= 0.6 is 63.7 Å². The Morgan fingerprint density at radius 3 is 2.12 bits per heavy atom. The van der Waals surface area contributed by atoms with E-state index in [9.17, 15) is 0 Å². The molecule has 0 aliphatic rings. The van der Waals surface area contributed by atoms with Crippen LogP contribution in [0.4, 0.5) is 0 Å². The molecule has 11 heteroatoms. The second-order valence-corrected chi connectivity index (χ2v) is 8.64. The van der Waals surface area contributed by atoms with E-state index in [1.807, 2.05) is 10.9 Å². The van der Waals surface area contributed by atoms with Gasteiger partial charge in [0.1, 0.15) is 11.0 Å². The van der Waals surface area contributed by atoms with Gasteiger partial charge in [0.05, 0.1) is 21.2 Å². The van der Waals surface area contributed by atoms with Crippen molar-refractivity contribution in [3.63, 3.8) is 0 Å². The van der Waals surface area contributed by atoms with E-state index >= 15 is 0 Å². The molecule has 0 aliphatic heterocycles. The number of nitrogens with two attached hydrogens (primary N) is 1. The highest BCUT2D eigenvalue weighted by Gasteiger charge is 2.18. The van der Waals surface area contributed by atoms with Gasteiger partial charge in [-0.05, 0) is 83.1 Å². The molecule has 7 nitrogen and oxygen atoms in total. The first-order valence-corrected chi connectivity index (χ1v) is 10.8. The van der Waals surface area contributed by atoms with E-state index < -0.39 is 0 Å². The van der Waals surface area contributed by atoms with Gasteiger partial charge in [0.25, 0.3) is 0 Å². The third-order valence-corrected chi connectivity index (χ3v) is 8.37. The fraction of sp³-hybridized carbons (Fsp3) is 0.429. The molecule has 0 saturated heterocycles. The van der Waals surface area contributed by atoms with Crippen LogP contribution in [0.25, 0.3) is 11.0 Å². The molecule has 2 aromatic heterocycles. The Morgan fingerprint density at radius 1 is 0.880 bits per heavy atom. The lowest BCUT2D eigenvalue weighted by molar-refractivity contribution is 0.539. The Kier molecular flexibility index (Phi) is 6.64. The van der Waals surface area contributed by atoms with E-state index in [-0.39, 0.29) is 0 Å². The lowest BCUT2D eigenvalue weighted by Crippen LogP contribution is -2.05. The minimum Gasteiger partial charge on any atom is -0.330 e. The maximum absolute atomic E-state index is 5.51. The molecule has 0 fully saturated rings. The Bertz CT molecular complexity index is 844. The quantitative estimate of drug-likeness (QED) is 0.251. The molecule has 0 amide bonds. The van der Waals surface area contributed by atoms with Crippen LogP contribution in [-0.4, -0.2) is 36.5 Å². The second kappa shape index (κ2) is 8.55. The standard InChI is InChI=1S/C14H15Br4N7/c15-9-10(16)12(18)14-13(11(9)17)21-25(22-14)6-3-8-7-24(23-20-8)5-2-1-4-19/h7H,1-6,19H2. The van der Waals surface area contributed by atoms with E-state index in [1.54, 1.807) is 4.80 Å². The molecule has 0 aliphatic carbocycles. The third kappa shape index (κ3) is 4.32. The Balaban J connectivity index is 1.72. The number of nitrogens with zero attached hydrogens (tertiary/aromatic N) is 6. The largest absolute Gasteiger partial charge is 0.330 e. The number of hydrogen-bond donors (Lipinski definition) is 1. The molecule has 0 spiro atoms. The summed E-state index contributed by atoms with van der Waals surface area (Å²) in [5.74, 6) is 0. The lowest BCUT2D eigenvalue weighted by atomic mass is 10.3. The predicted octanol–water partition coefficient (Wildman–Crippen LogP) is 4.05. The van der Waals surface area contributed by atoms with Crippen LogP contribution in [0.1, 0.15) is 18.5 Å². The summed E-state index contributed by atoms with van der Waals surface area (Å²) >= 11 is 14.2. The highest BCUT2D eigenvalue weighted by molar-refractivity contribution is 9.15. The zero-order chi connectivity index (χ0) is 18.0. The molecule has 3 rings (SSSR count). The van der Waals surface area contributed by atoms with Gasteiger partial charge in [-0.15, -0.1) is 5.10 Å². The molecule has 2 N–H and O–H groups in total. The molecule has 0 bridgehead atoms. The van der Waals surface area contributed by atoms with E-state index in [2.05, 4.69) is 84.2 Å². The van der Waals surface area contributed by atoms with Gasteiger partial charge in [0.15, 0.2) is 0 Å². The number of fused-ring (bicyclic) bond motifs is 1. The minimum absolute atomic E-state index is 0.629. The first-order chi connectivity index (χ1) is 12.0. The van der Waals surface area contributed by atoms with E-state index in [0.29, 0.717) is 13.1 Å². The summed E-state index contributed by atoms with van der Waals surface area (Å²) in [5.41, 5.74) is 8.03. The summed E-state index contributed by atoms with van der Waals surface area (Å²) < 4.78 is 5.41. The molecule has 25 heavy (non-hydrogen) atoms. The van der Waals surface area contributed by atoms with Crippen LogP contribution in [0.5, 0.6) is 0 Å². The number of benzene rings is 1. The van der Waals surface area contributed by atoms with Gasteiger partial charge in [0.2, 0.25) is 0 Å². The summed E-state index contributed by atoms with van der Waals surface area (Å²) in [7, 11) is 0. The molecule has 0 atom stereocenters. The van der Waals surface area contributed by atoms with Crippen molar-refractivity contribution < 1.29 is 0 Å². The summed E-state index contributed by atoms with van der Waals surface area (Å²) in [4.78, 5) is 1.69. The summed E-state index contributed by atoms with van der Waals surface area (Å²) in [5, 5.41) is 17.5. The Morgan fingerprint density at radius 2 is 1.52 bits per heavy atom. The molecule has 0 radical (unpaired) electrons. The predicted molar refractivity (Wildman–Crippen MR) is 110 cm³/mol. The zero-order valence-electron chi connectivity index (χ0n) is 13.1. The van der Waals surface area contributed by atoms with Crippen LogP contribution in [0.3, 0.4) is 0 Å². The van der Waals surface area contributed by atoms with Crippen LogP contribution in [0.2, 0.25) is 0 Å². The molecular weight excluding hydrogens is 586 g/mol. The zero-order valence-corrected chi connectivity index (χ0v) is 19.4. The van der Waals surface area contributed by atoms with Crippen molar-refractivity contribution in [3.8, 4) is 0 Å². The number of hydrogen-bond acceptors (Lipinski definition) is 5. The number of aryl methyl sites for hydroxylation is 3. The SMILES string of the molecule is NCCCCn1cc(CCn2nc3c(Br)c(Br)c(Br)c(Br)c3n2)nn1. The monoisotopic (exact) mass is 597 g/mol. The summed E-state index contributed by atoms with van der Waals surface area (Å²) in [6.07, 6.45) is 4.69. The van der Waals surface area contributed by atoms with Gasteiger partial charge < -0.3 is 5.73 Å². The molecule has 0 unspecified atom stereocenters. The van der Waals surface area contributed by atoms with E-state index in [4.69, 9.17) is 5.73 Å². The minimum atomic E-state index is 0.629. The maximum atomic E-state index is 5.51. The number of halogens is 4. The summed E-state index contributed by atoms with van der Waals surface area (Å²) in [6, 6.07) is 0. The topological polar surface area (TPSA) is 87.4 Å². The van der Waals surface area contributed by atoms with Gasteiger partial charge in [0, 0.05) is 28.1 Å². The van der Waals surface area contributed by atoms with Crippen molar-refractivity contribution >= 4 is 74.8 Å². The molecule has 134 valence electrons. The fourth-order valence-electron chi connectivity index (χ4n) is 2.34. The van der Waals surface area contributed by atoms with E-state index in [0.717, 1.165) is 60.4 Å². The first-order valence-electron chi connectivity index (χ1n) is 7.67. The van der Waals surface area contributed by atoms with Crippen molar-refractivity contribution in [2.24, 2.45) is 5.73 Å². The molecular formula is C14H15Br4N7. The second-order valence-electron chi connectivity index (χ2n) is 5.47. The third-order valence-electron chi connectivity index (χ3n) is 3.64. The highest BCUT2D eigenvalue weighted by Crippen LogP contribution is 2.42. The highest BCUT2D eigenvalue weighted by atomic mass is 79.9. The lowest BCUT2D eigenvalue weighted by Gasteiger charge is -2.02. The van der Waals surface area contributed by atoms with Crippen molar-refractivity contribution in [2.45, 2.75) is 32.4 Å². The van der Waals surface area contributed by atoms with Crippen molar-refractivity contribution in [1.29, 1.82) is 0 Å². The van der Waals surface area contributed by atoms with Crippen LogP contribution < -0.4 is 5.73 Å². The van der Waals surface area contributed by atoms with Crippen molar-refractivity contribution in [1.82, 2.24) is 30.0 Å². The number of aromatic nitrogens is 6. The maximum Gasteiger partial charge on any atom is 0.129 e. The van der Waals surface area contributed by atoms with Gasteiger partial charge >= 0.3 is 0 Å². The summed E-state index contributed by atoms with van der Waals surface area (Å²) in [6.45, 7) is 2.18. The average Bonchev–Trinajstić information content (AvgIpc) is 3.23. The van der Waals surface area contributed by atoms with Gasteiger partial charge in [-0.25, -0.2) is 0 Å². The van der Waals surface area contributed by atoms with Crippen LogP contribution in [0.15, 0.2) is 24.1 Å². The molecule has 1 aromatic carbocycles.